The summed E-state index contributed by atoms with van der Waals surface area (Å²) < 4.78 is 5.29. The molecular weight excluding hydrogens is 238 g/mol. The first-order chi connectivity index (χ1) is 9.27. The summed E-state index contributed by atoms with van der Waals surface area (Å²) in [7, 11) is 3.86. The van der Waals surface area contributed by atoms with Crippen molar-refractivity contribution in [1.29, 1.82) is 0 Å². The lowest BCUT2D eigenvalue weighted by molar-refractivity contribution is 0.445. The van der Waals surface area contributed by atoms with Gasteiger partial charge in [0.1, 0.15) is 5.76 Å². The van der Waals surface area contributed by atoms with E-state index in [1.165, 1.54) is 19.3 Å². The van der Waals surface area contributed by atoms with Gasteiger partial charge in [0, 0.05) is 20.6 Å². The van der Waals surface area contributed by atoms with E-state index in [1.807, 2.05) is 18.2 Å². The molecule has 1 aromatic heterocycles. The van der Waals surface area contributed by atoms with Crippen molar-refractivity contribution in [2.75, 3.05) is 20.6 Å². The molecule has 0 saturated carbocycles. The lowest BCUT2D eigenvalue weighted by Gasteiger charge is -2.21. The van der Waals surface area contributed by atoms with E-state index in [2.05, 4.69) is 28.8 Å². The fourth-order valence-corrected chi connectivity index (χ4v) is 1.88. The van der Waals surface area contributed by atoms with Gasteiger partial charge in [-0.3, -0.25) is 4.99 Å². The van der Waals surface area contributed by atoms with Gasteiger partial charge in [0.25, 0.3) is 0 Å². The summed E-state index contributed by atoms with van der Waals surface area (Å²) in [6, 6.07) is 3.85. The predicted molar refractivity (Wildman–Crippen MR) is 80.2 cm³/mol. The van der Waals surface area contributed by atoms with Gasteiger partial charge in [0.2, 0.25) is 0 Å². The minimum absolute atomic E-state index is 0.667. The number of hydrogen-bond acceptors (Lipinski definition) is 2. The zero-order chi connectivity index (χ0) is 13.9. The van der Waals surface area contributed by atoms with Gasteiger partial charge in [0.15, 0.2) is 5.96 Å². The molecule has 0 aliphatic heterocycles. The third-order valence-corrected chi connectivity index (χ3v) is 2.98. The number of nitrogens with zero attached hydrogens (tertiary/aromatic N) is 2. The van der Waals surface area contributed by atoms with Crippen LogP contribution in [-0.2, 0) is 6.54 Å². The molecule has 0 aliphatic rings. The van der Waals surface area contributed by atoms with Gasteiger partial charge in [-0.2, -0.15) is 0 Å². The smallest absolute Gasteiger partial charge is 0.193 e. The molecule has 0 amide bonds. The van der Waals surface area contributed by atoms with Crippen LogP contribution in [0.2, 0.25) is 0 Å². The Hall–Kier alpha value is -1.71. The topological polar surface area (TPSA) is 40.8 Å². The Balaban J connectivity index is 2.23. The minimum Gasteiger partial charge on any atom is -0.467 e. The molecule has 106 valence electrons. The Kier molecular flexibility index (Phi) is 7.47. The summed E-state index contributed by atoms with van der Waals surface area (Å²) in [5.41, 5.74) is 0. The zero-order valence-electron chi connectivity index (χ0n) is 12.1. The van der Waals surface area contributed by atoms with Crippen LogP contribution < -0.4 is 5.32 Å². The molecule has 0 bridgehead atoms. The Bertz CT molecular complexity index is 371. The first kappa shape index (κ1) is 15.3. The first-order valence-electron chi connectivity index (χ1n) is 6.83. The van der Waals surface area contributed by atoms with Crippen molar-refractivity contribution in [3.05, 3.63) is 36.8 Å². The molecule has 0 atom stereocenters. The van der Waals surface area contributed by atoms with Gasteiger partial charge < -0.3 is 14.6 Å². The van der Waals surface area contributed by atoms with Crippen molar-refractivity contribution < 1.29 is 4.42 Å². The number of guanidine groups is 1. The van der Waals surface area contributed by atoms with Crippen LogP contribution in [0.4, 0.5) is 0 Å². The number of unbranched alkanes of at least 4 members (excludes halogenated alkanes) is 3. The molecule has 0 aromatic carbocycles. The maximum Gasteiger partial charge on any atom is 0.193 e. The lowest BCUT2D eigenvalue weighted by Crippen LogP contribution is -2.38. The quantitative estimate of drug-likeness (QED) is 0.339. The van der Waals surface area contributed by atoms with E-state index in [-0.39, 0.29) is 0 Å². The second kappa shape index (κ2) is 9.25. The summed E-state index contributed by atoms with van der Waals surface area (Å²) in [5.74, 6) is 1.82. The SMILES string of the molecule is C=CCCCCCN(C)C(=NC)NCc1ccco1. The van der Waals surface area contributed by atoms with E-state index < -0.39 is 0 Å². The number of rotatable bonds is 8. The van der Waals surface area contributed by atoms with Gasteiger partial charge in [-0.1, -0.05) is 12.5 Å². The summed E-state index contributed by atoms with van der Waals surface area (Å²) in [6.45, 7) is 5.41. The molecule has 0 saturated heterocycles. The lowest BCUT2D eigenvalue weighted by atomic mass is 10.2. The average Bonchev–Trinajstić information content (AvgIpc) is 2.92. The molecule has 1 N–H and O–H groups in total. The summed E-state index contributed by atoms with van der Waals surface area (Å²) >= 11 is 0. The molecule has 0 radical (unpaired) electrons. The van der Waals surface area contributed by atoms with E-state index in [4.69, 9.17) is 4.42 Å². The Labute approximate surface area is 116 Å². The van der Waals surface area contributed by atoms with E-state index >= 15 is 0 Å². The molecule has 4 nitrogen and oxygen atoms in total. The van der Waals surface area contributed by atoms with Crippen LogP contribution in [-0.4, -0.2) is 31.5 Å². The minimum atomic E-state index is 0.667. The largest absolute Gasteiger partial charge is 0.467 e. The predicted octanol–water partition coefficient (Wildman–Crippen LogP) is 3.03. The highest BCUT2D eigenvalue weighted by atomic mass is 16.3. The van der Waals surface area contributed by atoms with Crippen molar-refractivity contribution in [3.8, 4) is 0 Å². The molecule has 1 heterocycles. The van der Waals surface area contributed by atoms with Crippen molar-refractivity contribution in [2.24, 2.45) is 4.99 Å². The fourth-order valence-electron chi connectivity index (χ4n) is 1.88. The summed E-state index contributed by atoms with van der Waals surface area (Å²) in [5, 5.41) is 3.29. The highest BCUT2D eigenvalue weighted by molar-refractivity contribution is 5.79. The Morgan fingerprint density at radius 2 is 2.32 bits per heavy atom. The van der Waals surface area contributed by atoms with Crippen LogP contribution in [0.25, 0.3) is 0 Å². The molecule has 1 aromatic rings. The van der Waals surface area contributed by atoms with Crippen molar-refractivity contribution in [2.45, 2.75) is 32.2 Å². The maximum absolute atomic E-state index is 5.29. The van der Waals surface area contributed by atoms with E-state index in [1.54, 1.807) is 13.3 Å². The number of allylic oxidation sites excluding steroid dienone is 1. The number of furan rings is 1. The molecule has 0 fully saturated rings. The third-order valence-electron chi connectivity index (χ3n) is 2.98. The Morgan fingerprint density at radius 3 is 2.95 bits per heavy atom. The highest BCUT2D eigenvalue weighted by Gasteiger charge is 2.05. The van der Waals surface area contributed by atoms with Gasteiger partial charge in [-0.05, 0) is 31.4 Å². The molecular formula is C15H25N3O. The van der Waals surface area contributed by atoms with Gasteiger partial charge >= 0.3 is 0 Å². The standard InChI is InChI=1S/C15H25N3O/c1-4-5-6-7-8-11-18(3)15(16-2)17-13-14-10-9-12-19-14/h4,9-10,12H,1,5-8,11,13H2,2-3H3,(H,16,17). The second-order valence-corrected chi connectivity index (χ2v) is 4.54. The molecule has 0 aliphatic carbocycles. The van der Waals surface area contributed by atoms with E-state index in [9.17, 15) is 0 Å². The fraction of sp³-hybridized carbons (Fsp3) is 0.533. The summed E-state index contributed by atoms with van der Waals surface area (Å²) in [4.78, 5) is 6.43. The first-order valence-corrected chi connectivity index (χ1v) is 6.83. The van der Waals surface area contributed by atoms with Crippen molar-refractivity contribution >= 4 is 5.96 Å². The summed E-state index contributed by atoms with van der Waals surface area (Å²) in [6.07, 6.45) is 8.39. The van der Waals surface area contributed by atoms with Crippen LogP contribution >= 0.6 is 0 Å². The molecule has 4 heteroatoms. The van der Waals surface area contributed by atoms with Crippen LogP contribution in [0.5, 0.6) is 0 Å². The van der Waals surface area contributed by atoms with Crippen LogP contribution in [0.1, 0.15) is 31.4 Å². The monoisotopic (exact) mass is 263 g/mol. The van der Waals surface area contributed by atoms with Crippen LogP contribution in [0.3, 0.4) is 0 Å². The molecule has 0 spiro atoms. The third kappa shape index (κ3) is 6.13. The average molecular weight is 263 g/mol. The van der Waals surface area contributed by atoms with Crippen LogP contribution in [0.15, 0.2) is 40.5 Å². The van der Waals surface area contributed by atoms with Crippen LogP contribution in [0, 0.1) is 0 Å². The van der Waals surface area contributed by atoms with Crippen molar-refractivity contribution in [1.82, 2.24) is 10.2 Å². The second-order valence-electron chi connectivity index (χ2n) is 4.54. The molecule has 19 heavy (non-hydrogen) atoms. The maximum atomic E-state index is 5.29. The molecule has 0 unspecified atom stereocenters. The van der Waals surface area contributed by atoms with E-state index in [0.29, 0.717) is 6.54 Å². The normalized spacial score (nSPS) is 11.4. The zero-order valence-corrected chi connectivity index (χ0v) is 12.1. The number of aliphatic imine (C=N–C) groups is 1. The van der Waals surface area contributed by atoms with Crippen molar-refractivity contribution in [3.63, 3.8) is 0 Å². The highest BCUT2D eigenvalue weighted by Crippen LogP contribution is 2.02. The number of hydrogen-bond donors (Lipinski definition) is 1. The van der Waals surface area contributed by atoms with Gasteiger partial charge in [-0.15, -0.1) is 6.58 Å². The van der Waals surface area contributed by atoms with Gasteiger partial charge in [0.05, 0.1) is 12.8 Å². The molecule has 1 rings (SSSR count). The Morgan fingerprint density at radius 1 is 1.47 bits per heavy atom. The number of nitrogens with one attached hydrogen (secondary N) is 1. The van der Waals surface area contributed by atoms with Gasteiger partial charge in [-0.25, -0.2) is 0 Å². The van der Waals surface area contributed by atoms with E-state index in [0.717, 1.165) is 24.7 Å².